The van der Waals surface area contributed by atoms with E-state index in [9.17, 15) is 14.4 Å². The van der Waals surface area contributed by atoms with Crippen LogP contribution in [0.25, 0.3) is 0 Å². The van der Waals surface area contributed by atoms with Crippen molar-refractivity contribution in [2.75, 3.05) is 0 Å². The fraction of sp³-hybridized carbons (Fsp3) is 0.500. The summed E-state index contributed by atoms with van der Waals surface area (Å²) in [5.41, 5.74) is -2.74. The summed E-state index contributed by atoms with van der Waals surface area (Å²) in [6.45, 7) is 0. The third-order valence-electron chi connectivity index (χ3n) is 1.29. The molecule has 0 rings (SSSR count). The second-order valence-corrected chi connectivity index (χ2v) is 2.48. The molecule has 0 radical (unpaired) electrons. The quantitative estimate of drug-likeness (QED) is 0.395. The Morgan fingerprint density at radius 2 is 1.27 bits per heavy atom. The van der Waals surface area contributed by atoms with Gasteiger partial charge < -0.3 is 20.4 Å². The molecule has 15 heavy (non-hydrogen) atoms. The van der Waals surface area contributed by atoms with E-state index in [0.717, 1.165) is 0 Å². The van der Waals surface area contributed by atoms with Crippen molar-refractivity contribution in [2.24, 2.45) is 0 Å². The van der Waals surface area contributed by atoms with Gasteiger partial charge in [-0.15, -0.1) is 0 Å². The van der Waals surface area contributed by atoms with Crippen molar-refractivity contribution in [1.82, 2.24) is 0 Å². The molecule has 0 aliphatic rings. The number of hydrogen-bond acceptors (Lipinski definition) is 4. The third-order valence-corrected chi connectivity index (χ3v) is 1.29. The number of aliphatic carboxylic acids is 3. The average molecular weight is 259 g/mol. The second kappa shape index (κ2) is 8.74. The van der Waals surface area contributed by atoms with Gasteiger partial charge in [-0.05, 0) is 0 Å². The summed E-state index contributed by atoms with van der Waals surface area (Å²) in [7, 11) is 0. The van der Waals surface area contributed by atoms with Gasteiger partial charge in [0.2, 0.25) is 0 Å². The minimum absolute atomic E-state index is 0. The third kappa shape index (κ3) is 8.44. The molecular formula is C6H12CaNaO7+. The van der Waals surface area contributed by atoms with Crippen LogP contribution < -0.4 is 0 Å². The Morgan fingerprint density at radius 1 is 1.00 bits per heavy atom. The maximum atomic E-state index is 10.3. The van der Waals surface area contributed by atoms with Crippen molar-refractivity contribution in [1.29, 1.82) is 0 Å². The van der Waals surface area contributed by atoms with E-state index >= 15 is 0 Å². The number of carboxylic acids is 3. The Bertz CT molecular complexity index is 243. The van der Waals surface area contributed by atoms with E-state index in [2.05, 4.69) is 0 Å². The second-order valence-electron chi connectivity index (χ2n) is 2.48. The predicted molar refractivity (Wildman–Crippen MR) is 53.9 cm³/mol. The van der Waals surface area contributed by atoms with Crippen molar-refractivity contribution >= 4 is 85.2 Å². The fourth-order valence-corrected chi connectivity index (χ4v) is 0.714. The summed E-state index contributed by atoms with van der Waals surface area (Å²) >= 11 is 0. The van der Waals surface area contributed by atoms with Gasteiger partial charge in [-0.25, -0.2) is 4.79 Å². The summed E-state index contributed by atoms with van der Waals surface area (Å²) in [6.07, 6.45) is -2.29. The first-order chi connectivity index (χ1) is 5.78. The van der Waals surface area contributed by atoms with E-state index < -0.39 is 36.4 Å². The van der Waals surface area contributed by atoms with Crippen LogP contribution in [0.2, 0.25) is 0 Å². The average Bonchev–Trinajstić information content (AvgIpc) is 1.82. The SMILES string of the molecule is O=C(O)CC(O)(CC(=O)O)C(=O)O.[CaH2].[H+].[NaH]. The molecule has 0 unspecified atom stereocenters. The molecule has 0 aromatic rings. The van der Waals surface area contributed by atoms with E-state index in [1.807, 2.05) is 0 Å². The van der Waals surface area contributed by atoms with E-state index in [1.165, 1.54) is 0 Å². The van der Waals surface area contributed by atoms with E-state index in [-0.39, 0.29) is 68.7 Å². The number of carbonyl (C=O) groups is 3. The van der Waals surface area contributed by atoms with Crippen molar-refractivity contribution in [3.63, 3.8) is 0 Å². The van der Waals surface area contributed by atoms with Gasteiger partial charge in [0.05, 0.1) is 12.8 Å². The number of rotatable bonds is 5. The zero-order valence-corrected chi connectivity index (χ0v) is 6.43. The first-order valence-corrected chi connectivity index (χ1v) is 3.17. The summed E-state index contributed by atoms with van der Waals surface area (Å²) in [5, 5.41) is 33.8. The molecule has 80 valence electrons. The van der Waals surface area contributed by atoms with Gasteiger partial charge in [-0.2, -0.15) is 0 Å². The van der Waals surface area contributed by atoms with Crippen molar-refractivity contribution in [2.45, 2.75) is 18.4 Å². The molecule has 0 heterocycles. The Balaban J connectivity index is -0.000000240. The monoisotopic (exact) mass is 259 g/mol. The molecule has 0 amide bonds. The molecule has 0 atom stereocenters. The molecule has 0 saturated heterocycles. The van der Waals surface area contributed by atoms with Gasteiger partial charge in [-0.3, -0.25) is 9.59 Å². The fourth-order valence-electron chi connectivity index (χ4n) is 0.714. The number of carboxylic acid groups (broad SMARTS) is 3. The number of aliphatic hydroxyl groups is 1. The van der Waals surface area contributed by atoms with Gasteiger partial charge in [0, 0.05) is 0 Å². The zero-order valence-electron chi connectivity index (χ0n) is 7.43. The summed E-state index contributed by atoms with van der Waals surface area (Å²) in [6, 6.07) is 0. The van der Waals surface area contributed by atoms with Crippen molar-refractivity contribution in [3.8, 4) is 0 Å². The zero-order chi connectivity index (χ0) is 10.6. The summed E-state index contributed by atoms with van der Waals surface area (Å²) in [4.78, 5) is 30.5. The Morgan fingerprint density at radius 3 is 1.40 bits per heavy atom. The molecule has 0 aromatic heterocycles. The molecule has 0 saturated carbocycles. The molecule has 0 spiro atoms. The molecular weight excluding hydrogens is 247 g/mol. The Hall–Kier alpha value is 0.630. The van der Waals surface area contributed by atoms with Crippen LogP contribution >= 0.6 is 0 Å². The van der Waals surface area contributed by atoms with Crippen LogP contribution in [0.3, 0.4) is 0 Å². The molecule has 7 nitrogen and oxygen atoms in total. The van der Waals surface area contributed by atoms with E-state index in [4.69, 9.17) is 20.4 Å². The van der Waals surface area contributed by atoms with Crippen molar-refractivity contribution < 1.29 is 36.2 Å². The van der Waals surface area contributed by atoms with Crippen LogP contribution in [0.5, 0.6) is 0 Å². The van der Waals surface area contributed by atoms with E-state index in [0.29, 0.717) is 0 Å². The Labute approximate surface area is 138 Å². The van der Waals surface area contributed by atoms with Gasteiger partial charge in [0.15, 0.2) is 5.60 Å². The number of hydrogen-bond donors (Lipinski definition) is 4. The first kappa shape index (κ1) is 21.0. The molecule has 0 bridgehead atoms. The van der Waals surface area contributed by atoms with Crippen LogP contribution in [-0.2, 0) is 14.4 Å². The minimum atomic E-state index is -2.74. The topological polar surface area (TPSA) is 132 Å². The predicted octanol–water partition coefficient (Wildman–Crippen LogP) is -2.70. The van der Waals surface area contributed by atoms with Crippen LogP contribution in [-0.4, -0.2) is 111 Å². The van der Waals surface area contributed by atoms with Crippen molar-refractivity contribution in [3.05, 3.63) is 0 Å². The van der Waals surface area contributed by atoms with Gasteiger partial charge in [0.25, 0.3) is 0 Å². The van der Waals surface area contributed by atoms with Crippen LogP contribution in [0.4, 0.5) is 0 Å². The Kier molecular flexibility index (Phi) is 12.2. The normalized spacial score (nSPS) is 9.40. The van der Waals surface area contributed by atoms with Gasteiger partial charge >= 0.3 is 86.6 Å². The first-order valence-electron chi connectivity index (χ1n) is 3.17. The maximum absolute atomic E-state index is 10.3. The standard InChI is InChI=1S/C6H8O7.Ca.Na.3H/c7-3(8)1-6(13,5(11)12)2-4(9)10;;;;;/h13H,1-2H2,(H,7,8)(H,9,10)(H,11,12);;;;;/p+1. The van der Waals surface area contributed by atoms with Crippen LogP contribution in [0.1, 0.15) is 14.3 Å². The molecule has 9 heteroatoms. The van der Waals surface area contributed by atoms with Gasteiger partial charge in [0.1, 0.15) is 0 Å². The molecule has 0 fully saturated rings. The molecule has 0 aromatic carbocycles. The summed E-state index contributed by atoms with van der Waals surface area (Å²) in [5.74, 6) is -5.02. The summed E-state index contributed by atoms with van der Waals surface area (Å²) < 4.78 is 0. The van der Waals surface area contributed by atoms with E-state index in [1.54, 1.807) is 0 Å². The molecule has 4 N–H and O–H groups in total. The van der Waals surface area contributed by atoms with Gasteiger partial charge in [-0.1, -0.05) is 0 Å². The van der Waals surface area contributed by atoms with Crippen LogP contribution in [0.15, 0.2) is 0 Å². The molecule has 0 aliphatic carbocycles. The van der Waals surface area contributed by atoms with Crippen LogP contribution in [0, 0.1) is 0 Å². The molecule has 0 aliphatic heterocycles.